The number of carbonyl (C=O) groups is 1. The van der Waals surface area contributed by atoms with Gasteiger partial charge in [0, 0.05) is 0 Å². The number of carboxylic acid groups (broad SMARTS) is 1. The van der Waals surface area contributed by atoms with Crippen molar-refractivity contribution in [2.24, 2.45) is 5.92 Å². The molecule has 1 aromatic heterocycles. The van der Waals surface area contributed by atoms with E-state index < -0.39 is 22.0 Å². The van der Waals surface area contributed by atoms with E-state index in [0.29, 0.717) is 5.52 Å². The second-order valence-electron chi connectivity index (χ2n) is 4.63. The molecule has 2 N–H and O–H groups in total. The van der Waals surface area contributed by atoms with E-state index in [2.05, 4.69) is 9.71 Å². The zero-order valence-electron chi connectivity index (χ0n) is 10.9. The Morgan fingerprint density at radius 2 is 2.00 bits per heavy atom. The van der Waals surface area contributed by atoms with Crippen LogP contribution in [0.2, 0.25) is 0 Å². The number of aliphatic carboxylic acids is 1. The molecule has 6 nitrogen and oxygen atoms in total. The SMILES string of the molecule is CC(C)[C@H](NS(=O)(=O)c1nc2ccccc2s1)C(=O)O. The van der Waals surface area contributed by atoms with E-state index in [-0.39, 0.29) is 10.3 Å². The number of rotatable bonds is 5. The van der Waals surface area contributed by atoms with E-state index in [0.717, 1.165) is 16.0 Å². The number of nitrogens with one attached hydrogen (secondary N) is 1. The smallest absolute Gasteiger partial charge is 0.322 e. The van der Waals surface area contributed by atoms with Crippen LogP contribution in [0.1, 0.15) is 13.8 Å². The largest absolute Gasteiger partial charge is 0.480 e. The summed E-state index contributed by atoms with van der Waals surface area (Å²) >= 11 is 1.02. The molecule has 0 aliphatic heterocycles. The van der Waals surface area contributed by atoms with Crippen LogP contribution in [0.4, 0.5) is 0 Å². The first-order chi connectivity index (χ1) is 9.31. The van der Waals surface area contributed by atoms with E-state index in [1.54, 1.807) is 38.1 Å². The molecule has 0 saturated heterocycles. The molecule has 20 heavy (non-hydrogen) atoms. The number of nitrogens with zero attached hydrogens (tertiary/aromatic N) is 1. The van der Waals surface area contributed by atoms with Gasteiger partial charge in [-0.15, -0.1) is 11.3 Å². The highest BCUT2D eigenvalue weighted by atomic mass is 32.2. The predicted octanol–water partition coefficient (Wildman–Crippen LogP) is 1.68. The monoisotopic (exact) mass is 314 g/mol. The molecule has 8 heteroatoms. The number of thiazole rings is 1. The zero-order valence-corrected chi connectivity index (χ0v) is 12.5. The molecule has 0 unspecified atom stereocenters. The van der Waals surface area contributed by atoms with Crippen molar-refractivity contribution in [1.82, 2.24) is 9.71 Å². The first-order valence-corrected chi connectivity index (χ1v) is 8.22. The second kappa shape index (κ2) is 5.47. The predicted molar refractivity (Wildman–Crippen MR) is 76.2 cm³/mol. The highest BCUT2D eigenvalue weighted by Crippen LogP contribution is 2.25. The minimum absolute atomic E-state index is 0.120. The molecule has 0 spiro atoms. The van der Waals surface area contributed by atoms with Crippen LogP contribution in [0.25, 0.3) is 10.2 Å². The Bertz CT molecular complexity index is 704. The summed E-state index contributed by atoms with van der Waals surface area (Å²) < 4.78 is 27.2. The van der Waals surface area contributed by atoms with Gasteiger partial charge in [0.25, 0.3) is 10.0 Å². The highest BCUT2D eigenvalue weighted by molar-refractivity contribution is 7.91. The van der Waals surface area contributed by atoms with Gasteiger partial charge in [0.1, 0.15) is 6.04 Å². The first-order valence-electron chi connectivity index (χ1n) is 5.92. The number of benzene rings is 1. The number of hydrogen-bond acceptors (Lipinski definition) is 5. The van der Waals surface area contributed by atoms with Crippen LogP contribution in [0.15, 0.2) is 28.6 Å². The van der Waals surface area contributed by atoms with Crippen molar-refractivity contribution in [3.05, 3.63) is 24.3 Å². The Balaban J connectivity index is 2.36. The van der Waals surface area contributed by atoms with Gasteiger partial charge < -0.3 is 5.11 Å². The third-order valence-corrected chi connectivity index (χ3v) is 5.57. The number of aromatic nitrogens is 1. The number of para-hydroxylation sites is 1. The lowest BCUT2D eigenvalue weighted by atomic mass is 10.1. The van der Waals surface area contributed by atoms with Gasteiger partial charge in [0.15, 0.2) is 0 Å². The molecule has 0 aliphatic carbocycles. The van der Waals surface area contributed by atoms with Crippen LogP contribution in [0.3, 0.4) is 0 Å². The Morgan fingerprint density at radius 3 is 2.55 bits per heavy atom. The lowest BCUT2D eigenvalue weighted by molar-refractivity contribution is -0.140. The van der Waals surface area contributed by atoms with Crippen molar-refractivity contribution in [3.8, 4) is 0 Å². The van der Waals surface area contributed by atoms with E-state index in [1.165, 1.54) is 0 Å². The fourth-order valence-electron chi connectivity index (χ4n) is 1.66. The summed E-state index contributed by atoms with van der Waals surface area (Å²) in [5.74, 6) is -1.57. The van der Waals surface area contributed by atoms with Gasteiger partial charge in [-0.05, 0) is 18.1 Å². The second-order valence-corrected chi connectivity index (χ2v) is 7.55. The maximum absolute atomic E-state index is 12.2. The van der Waals surface area contributed by atoms with Crippen molar-refractivity contribution in [1.29, 1.82) is 0 Å². The number of carboxylic acids is 1. The third kappa shape index (κ3) is 2.97. The maximum Gasteiger partial charge on any atom is 0.322 e. The molecule has 0 fully saturated rings. The number of sulfonamides is 1. The van der Waals surface area contributed by atoms with Crippen molar-refractivity contribution in [2.45, 2.75) is 24.2 Å². The minimum atomic E-state index is -3.93. The summed E-state index contributed by atoms with van der Waals surface area (Å²) in [7, 11) is -3.93. The van der Waals surface area contributed by atoms with Gasteiger partial charge >= 0.3 is 5.97 Å². The Kier molecular flexibility index (Phi) is 4.07. The molecule has 108 valence electrons. The number of fused-ring (bicyclic) bond motifs is 1. The van der Waals surface area contributed by atoms with Crippen LogP contribution in [0.5, 0.6) is 0 Å². The van der Waals surface area contributed by atoms with Crippen molar-refractivity contribution in [2.75, 3.05) is 0 Å². The standard InChI is InChI=1S/C12H14N2O4S2/c1-7(2)10(11(15)16)14-20(17,18)12-13-8-5-3-4-6-9(8)19-12/h3-7,10,14H,1-2H3,(H,15,16)/t10-/m0/s1. The van der Waals surface area contributed by atoms with Crippen molar-refractivity contribution < 1.29 is 18.3 Å². The summed E-state index contributed by atoms with van der Waals surface area (Å²) in [4.78, 5) is 15.1. The van der Waals surface area contributed by atoms with E-state index in [1.807, 2.05) is 0 Å². The average Bonchev–Trinajstić information content (AvgIpc) is 2.80. The molecule has 0 radical (unpaired) electrons. The Hall–Kier alpha value is -1.51. The molecule has 0 aliphatic rings. The molecule has 1 heterocycles. The molecule has 0 amide bonds. The summed E-state index contributed by atoms with van der Waals surface area (Å²) in [5, 5.41) is 9.05. The lowest BCUT2D eigenvalue weighted by Gasteiger charge is -2.16. The highest BCUT2D eigenvalue weighted by Gasteiger charge is 2.29. The van der Waals surface area contributed by atoms with Gasteiger partial charge in [-0.25, -0.2) is 13.4 Å². The third-order valence-electron chi connectivity index (χ3n) is 2.72. The summed E-state index contributed by atoms with van der Waals surface area (Å²) in [6, 6.07) is 5.86. The molecule has 0 bridgehead atoms. The van der Waals surface area contributed by atoms with Crippen LogP contribution in [0, 0.1) is 5.92 Å². The van der Waals surface area contributed by atoms with E-state index >= 15 is 0 Å². The Labute approximate surface area is 120 Å². The van der Waals surface area contributed by atoms with Crippen LogP contribution in [-0.4, -0.2) is 30.5 Å². The lowest BCUT2D eigenvalue weighted by Crippen LogP contribution is -2.44. The van der Waals surface area contributed by atoms with Gasteiger partial charge in [0.2, 0.25) is 4.34 Å². The summed E-state index contributed by atoms with van der Waals surface area (Å²) in [5.41, 5.74) is 0.578. The minimum Gasteiger partial charge on any atom is -0.480 e. The molecule has 0 saturated carbocycles. The van der Waals surface area contributed by atoms with Crippen LogP contribution >= 0.6 is 11.3 Å². The maximum atomic E-state index is 12.2. The van der Waals surface area contributed by atoms with Gasteiger partial charge in [-0.1, -0.05) is 26.0 Å². The first kappa shape index (κ1) is 14.9. The van der Waals surface area contributed by atoms with Gasteiger partial charge in [-0.2, -0.15) is 4.72 Å². The summed E-state index contributed by atoms with van der Waals surface area (Å²) in [6.07, 6.45) is 0. The Morgan fingerprint density at radius 1 is 1.35 bits per heavy atom. The average molecular weight is 314 g/mol. The molecule has 1 atom stereocenters. The molecule has 1 aromatic carbocycles. The normalized spacial score (nSPS) is 13.8. The van der Waals surface area contributed by atoms with Gasteiger partial charge in [-0.3, -0.25) is 4.79 Å². The van der Waals surface area contributed by atoms with Crippen molar-refractivity contribution >= 4 is 37.5 Å². The van der Waals surface area contributed by atoms with E-state index in [9.17, 15) is 13.2 Å². The van der Waals surface area contributed by atoms with E-state index in [4.69, 9.17) is 5.11 Å². The van der Waals surface area contributed by atoms with Crippen LogP contribution in [-0.2, 0) is 14.8 Å². The van der Waals surface area contributed by atoms with Crippen molar-refractivity contribution in [3.63, 3.8) is 0 Å². The zero-order chi connectivity index (χ0) is 14.9. The fourth-order valence-corrected chi connectivity index (χ4v) is 4.23. The topological polar surface area (TPSA) is 96.4 Å². The summed E-state index contributed by atoms with van der Waals surface area (Å²) in [6.45, 7) is 3.28. The number of hydrogen-bond donors (Lipinski definition) is 2. The van der Waals surface area contributed by atoms with Crippen LogP contribution < -0.4 is 4.72 Å². The molecular weight excluding hydrogens is 300 g/mol. The van der Waals surface area contributed by atoms with Gasteiger partial charge in [0.05, 0.1) is 10.2 Å². The quantitative estimate of drug-likeness (QED) is 0.875. The molecular formula is C12H14N2O4S2. The molecule has 2 aromatic rings. The fraction of sp³-hybridized carbons (Fsp3) is 0.333. The molecule has 2 rings (SSSR count).